The number of hydrogen-bond acceptors (Lipinski definition) is 2. The van der Waals surface area contributed by atoms with Crippen LogP contribution in [0.15, 0.2) is 303 Å². The minimum Gasteiger partial charge on any atom is -0.310 e. The van der Waals surface area contributed by atoms with Crippen LogP contribution in [0.2, 0.25) is 0 Å². The number of nitrogens with zero attached hydrogens (tertiary/aromatic N) is 2. The van der Waals surface area contributed by atoms with E-state index in [1.54, 1.807) is 0 Å². The molecule has 360 valence electrons. The molecule has 1 spiro atoms. The summed E-state index contributed by atoms with van der Waals surface area (Å²) in [6.07, 6.45) is 0. The zero-order chi connectivity index (χ0) is 50.9. The molecule has 77 heavy (non-hydrogen) atoms. The van der Waals surface area contributed by atoms with Gasteiger partial charge < -0.3 is 9.80 Å². The van der Waals surface area contributed by atoms with Crippen molar-refractivity contribution in [1.82, 2.24) is 0 Å². The Bertz CT molecular complexity index is 4380. The summed E-state index contributed by atoms with van der Waals surface area (Å²) in [4.78, 5) is 4.97. The third-order valence-corrected chi connectivity index (χ3v) is 16.2. The van der Waals surface area contributed by atoms with Crippen LogP contribution in [0.25, 0.3) is 77.2 Å². The molecule has 0 saturated carbocycles. The molecule has 15 rings (SSSR count). The highest BCUT2D eigenvalue weighted by atomic mass is 15.2. The fourth-order valence-electron chi connectivity index (χ4n) is 12.8. The van der Waals surface area contributed by atoms with E-state index >= 15 is 0 Å². The van der Waals surface area contributed by atoms with E-state index in [0.717, 1.165) is 45.3 Å². The summed E-state index contributed by atoms with van der Waals surface area (Å²) >= 11 is 0. The molecule has 13 aromatic rings. The zero-order valence-corrected chi connectivity index (χ0v) is 42.3. The van der Waals surface area contributed by atoms with Crippen molar-refractivity contribution in [2.75, 3.05) is 9.80 Å². The predicted octanol–water partition coefficient (Wildman–Crippen LogP) is 20.3. The van der Waals surface area contributed by atoms with Crippen LogP contribution < -0.4 is 9.80 Å². The SMILES string of the molecule is c1ccc(-c2ccc(-c3cc4ccccc4cc3N(c3ccccc3)c3ccc4c(c3)C3(c5ccccc5-c5ccc(N(c6ccc7ccccc7c6)c6ccccc6-c6ccccc6)cc53)c3ccccc3-4)cc2)cc1. The summed E-state index contributed by atoms with van der Waals surface area (Å²) in [5.74, 6) is 0. The molecule has 0 saturated heterocycles. The maximum absolute atomic E-state index is 2.52. The molecule has 13 aromatic carbocycles. The Morgan fingerprint density at radius 1 is 0.195 bits per heavy atom. The van der Waals surface area contributed by atoms with Crippen molar-refractivity contribution in [2.45, 2.75) is 5.41 Å². The summed E-state index contributed by atoms with van der Waals surface area (Å²) in [6, 6.07) is 112. The minimum atomic E-state index is -0.639. The fourth-order valence-corrected chi connectivity index (χ4v) is 12.8. The highest BCUT2D eigenvalue weighted by Crippen LogP contribution is 2.64. The molecule has 2 aliphatic rings. The van der Waals surface area contributed by atoms with Crippen LogP contribution >= 0.6 is 0 Å². The van der Waals surface area contributed by atoms with Crippen LogP contribution in [0.1, 0.15) is 22.3 Å². The summed E-state index contributed by atoms with van der Waals surface area (Å²) < 4.78 is 0. The first-order chi connectivity index (χ1) is 38.2. The number of benzene rings is 13. The van der Waals surface area contributed by atoms with Gasteiger partial charge in [0.2, 0.25) is 0 Å². The lowest BCUT2D eigenvalue weighted by molar-refractivity contribution is 0.793. The molecule has 1 unspecified atom stereocenters. The monoisotopic (exact) mass is 978 g/mol. The van der Waals surface area contributed by atoms with Gasteiger partial charge in [0.25, 0.3) is 0 Å². The average molecular weight is 979 g/mol. The standard InChI is InChI=1S/C75H50N2/c1-4-20-51(21-5-1)53-36-38-55(39-37-53)68-47-57-26-12-13-27-58(57)48-74(68)76(59-28-8-3-9-29-59)61-42-44-66-64-31-14-17-33-69(64)75(71(66)49-61)70-34-18-15-32-65(70)67-45-43-62(50-72(67)75)77(60-41-40-52-22-10-11-25-56(52)46-60)73-35-19-16-30-63(73)54-23-6-2-7-24-54/h1-50H. The molecular weight excluding hydrogens is 929 g/mol. The van der Waals surface area contributed by atoms with Crippen LogP contribution in [0.3, 0.4) is 0 Å². The van der Waals surface area contributed by atoms with Crippen molar-refractivity contribution in [1.29, 1.82) is 0 Å². The Morgan fingerprint density at radius 2 is 0.597 bits per heavy atom. The van der Waals surface area contributed by atoms with Gasteiger partial charge in [0.05, 0.1) is 16.8 Å². The second-order valence-electron chi connectivity index (χ2n) is 20.4. The van der Waals surface area contributed by atoms with Crippen LogP contribution in [0.4, 0.5) is 34.1 Å². The summed E-state index contributed by atoms with van der Waals surface area (Å²) in [5, 5.41) is 4.81. The molecule has 0 radical (unpaired) electrons. The Labute approximate surface area is 449 Å². The molecule has 0 aromatic heterocycles. The van der Waals surface area contributed by atoms with E-state index in [1.807, 2.05) is 0 Å². The molecule has 0 bridgehead atoms. The van der Waals surface area contributed by atoms with Gasteiger partial charge >= 0.3 is 0 Å². The molecule has 2 aliphatic carbocycles. The van der Waals surface area contributed by atoms with Gasteiger partial charge in [-0.05, 0) is 155 Å². The maximum atomic E-state index is 2.52. The molecule has 0 heterocycles. The van der Waals surface area contributed by atoms with E-state index < -0.39 is 5.41 Å². The van der Waals surface area contributed by atoms with Gasteiger partial charge in [0.15, 0.2) is 0 Å². The summed E-state index contributed by atoms with van der Waals surface area (Å²) in [7, 11) is 0. The van der Waals surface area contributed by atoms with Crippen molar-refractivity contribution in [3.8, 4) is 55.6 Å². The quantitative estimate of drug-likeness (QED) is 0.142. The predicted molar refractivity (Wildman–Crippen MR) is 323 cm³/mol. The van der Waals surface area contributed by atoms with Crippen molar-refractivity contribution in [2.24, 2.45) is 0 Å². The first kappa shape index (κ1) is 44.5. The van der Waals surface area contributed by atoms with Gasteiger partial charge in [-0.25, -0.2) is 0 Å². The minimum absolute atomic E-state index is 0.639. The third kappa shape index (κ3) is 7.18. The number of anilines is 6. The van der Waals surface area contributed by atoms with Crippen molar-refractivity contribution in [3.63, 3.8) is 0 Å². The molecule has 1 atom stereocenters. The lowest BCUT2D eigenvalue weighted by Gasteiger charge is -2.34. The normalized spacial score (nSPS) is 13.8. The van der Waals surface area contributed by atoms with Gasteiger partial charge in [-0.1, -0.05) is 237 Å². The van der Waals surface area contributed by atoms with Crippen LogP contribution in [0.5, 0.6) is 0 Å². The first-order valence-corrected chi connectivity index (χ1v) is 26.7. The molecular formula is C75H50N2. The Morgan fingerprint density at radius 3 is 1.22 bits per heavy atom. The van der Waals surface area contributed by atoms with Crippen molar-refractivity contribution < 1.29 is 0 Å². The number of rotatable bonds is 9. The molecule has 0 amide bonds. The van der Waals surface area contributed by atoms with Crippen LogP contribution in [0, 0.1) is 0 Å². The second kappa shape index (κ2) is 18.1. The van der Waals surface area contributed by atoms with Gasteiger partial charge in [0.1, 0.15) is 0 Å². The molecule has 0 aliphatic heterocycles. The molecule has 2 heteroatoms. The second-order valence-corrected chi connectivity index (χ2v) is 20.4. The molecule has 2 nitrogen and oxygen atoms in total. The number of para-hydroxylation sites is 2. The Kier molecular flexibility index (Phi) is 10.5. The van der Waals surface area contributed by atoms with E-state index in [9.17, 15) is 0 Å². The largest absolute Gasteiger partial charge is 0.310 e. The number of fused-ring (bicyclic) bond motifs is 12. The lowest BCUT2D eigenvalue weighted by Crippen LogP contribution is -2.26. The summed E-state index contributed by atoms with van der Waals surface area (Å²) in [5.41, 5.74) is 23.2. The summed E-state index contributed by atoms with van der Waals surface area (Å²) in [6.45, 7) is 0. The Balaban J connectivity index is 0.969. The molecule has 0 N–H and O–H groups in total. The van der Waals surface area contributed by atoms with E-state index in [1.165, 1.54) is 88.3 Å². The fraction of sp³-hybridized carbons (Fsp3) is 0.0133. The lowest BCUT2D eigenvalue weighted by atomic mass is 9.70. The van der Waals surface area contributed by atoms with E-state index in [0.29, 0.717) is 0 Å². The highest BCUT2D eigenvalue weighted by Gasteiger charge is 2.52. The average Bonchev–Trinajstić information content (AvgIpc) is 4.20. The topological polar surface area (TPSA) is 6.48 Å². The third-order valence-electron chi connectivity index (χ3n) is 16.2. The van der Waals surface area contributed by atoms with Gasteiger partial charge in [-0.3, -0.25) is 0 Å². The van der Waals surface area contributed by atoms with Crippen molar-refractivity contribution >= 4 is 55.7 Å². The smallest absolute Gasteiger partial charge is 0.0727 e. The van der Waals surface area contributed by atoms with Gasteiger partial charge in [-0.15, -0.1) is 0 Å². The Hall–Kier alpha value is -10.0. The highest BCUT2D eigenvalue weighted by molar-refractivity contribution is 6.02. The van der Waals surface area contributed by atoms with Gasteiger partial charge in [-0.2, -0.15) is 0 Å². The van der Waals surface area contributed by atoms with Crippen LogP contribution in [-0.2, 0) is 5.41 Å². The number of hydrogen-bond donors (Lipinski definition) is 0. The maximum Gasteiger partial charge on any atom is 0.0727 e. The zero-order valence-electron chi connectivity index (χ0n) is 42.3. The van der Waals surface area contributed by atoms with E-state index in [2.05, 4.69) is 313 Å². The molecule has 0 fully saturated rings. The van der Waals surface area contributed by atoms with E-state index in [-0.39, 0.29) is 0 Å². The van der Waals surface area contributed by atoms with Crippen molar-refractivity contribution in [3.05, 3.63) is 326 Å². The van der Waals surface area contributed by atoms with Crippen LogP contribution in [-0.4, -0.2) is 0 Å². The first-order valence-electron chi connectivity index (χ1n) is 26.7. The van der Waals surface area contributed by atoms with E-state index in [4.69, 9.17) is 0 Å². The van der Waals surface area contributed by atoms with Gasteiger partial charge in [0, 0.05) is 33.9 Å².